The van der Waals surface area contributed by atoms with Crippen molar-refractivity contribution in [1.29, 1.82) is 0 Å². The number of nitrogens with one attached hydrogen (secondary N) is 1. The van der Waals surface area contributed by atoms with Gasteiger partial charge in [0.2, 0.25) is 10.0 Å². The second-order valence-electron chi connectivity index (χ2n) is 4.19. The number of sulfonamides is 1. The molecule has 5 nitrogen and oxygen atoms in total. The Hall–Kier alpha value is -0.880. The molecule has 0 radical (unpaired) electrons. The Labute approximate surface area is 95.9 Å². The number of H-pyrrole nitrogens is 1. The van der Waals surface area contributed by atoms with Crippen LogP contribution in [0.3, 0.4) is 0 Å². The van der Waals surface area contributed by atoms with E-state index in [1.807, 2.05) is 6.92 Å². The van der Waals surface area contributed by atoms with Gasteiger partial charge in [0, 0.05) is 19.3 Å². The third-order valence-electron chi connectivity index (χ3n) is 3.15. The molecule has 6 heteroatoms. The number of rotatable bonds is 5. The van der Waals surface area contributed by atoms with Gasteiger partial charge < -0.3 is 0 Å². The van der Waals surface area contributed by atoms with E-state index in [0.717, 1.165) is 12.8 Å². The molecule has 2 rings (SSSR count). The molecule has 1 N–H and O–H groups in total. The molecule has 0 aromatic carbocycles. The Kier molecular flexibility index (Phi) is 3.30. The fourth-order valence-electron chi connectivity index (χ4n) is 1.89. The fraction of sp³-hybridized carbons (Fsp3) is 0.700. The van der Waals surface area contributed by atoms with Gasteiger partial charge in [-0.15, -0.1) is 0 Å². The molecule has 90 valence electrons. The first-order valence-electron chi connectivity index (χ1n) is 5.63. The second kappa shape index (κ2) is 4.55. The number of hydrogen-bond donors (Lipinski definition) is 1. The zero-order valence-electron chi connectivity index (χ0n) is 9.39. The Morgan fingerprint density at radius 2 is 2.31 bits per heavy atom. The molecule has 1 aromatic heterocycles. The summed E-state index contributed by atoms with van der Waals surface area (Å²) in [5.41, 5.74) is 0. The maximum atomic E-state index is 12.2. The molecule has 0 saturated heterocycles. The lowest BCUT2D eigenvalue weighted by molar-refractivity contribution is 0.250. The van der Waals surface area contributed by atoms with E-state index < -0.39 is 10.0 Å². The van der Waals surface area contributed by atoms with E-state index in [1.165, 1.54) is 18.8 Å². The summed E-state index contributed by atoms with van der Waals surface area (Å²) in [4.78, 5) is 0.258. The number of aromatic amines is 1. The van der Waals surface area contributed by atoms with E-state index in [4.69, 9.17) is 0 Å². The fourth-order valence-corrected chi connectivity index (χ4v) is 3.32. The van der Waals surface area contributed by atoms with Crippen LogP contribution in [0.1, 0.15) is 26.2 Å². The molecule has 0 spiro atoms. The van der Waals surface area contributed by atoms with Crippen LogP contribution >= 0.6 is 0 Å². The summed E-state index contributed by atoms with van der Waals surface area (Å²) in [5, 5.41) is 6.23. The molecule has 16 heavy (non-hydrogen) atoms. The monoisotopic (exact) mass is 243 g/mol. The van der Waals surface area contributed by atoms with E-state index in [0.29, 0.717) is 19.0 Å². The predicted octanol–water partition coefficient (Wildman–Crippen LogP) is 1.22. The maximum absolute atomic E-state index is 12.2. The van der Waals surface area contributed by atoms with Crippen molar-refractivity contribution in [1.82, 2.24) is 14.5 Å². The molecule has 1 heterocycles. The lowest BCUT2D eigenvalue weighted by Gasteiger charge is -2.30. The third kappa shape index (κ3) is 2.12. The Balaban J connectivity index is 2.13. The molecular weight excluding hydrogens is 226 g/mol. The molecule has 1 aromatic rings. The van der Waals surface area contributed by atoms with Crippen molar-refractivity contribution in [2.24, 2.45) is 5.92 Å². The van der Waals surface area contributed by atoms with Crippen molar-refractivity contribution >= 4 is 10.0 Å². The van der Waals surface area contributed by atoms with Crippen molar-refractivity contribution < 1.29 is 8.42 Å². The molecule has 1 saturated carbocycles. The van der Waals surface area contributed by atoms with E-state index in [2.05, 4.69) is 10.2 Å². The summed E-state index contributed by atoms with van der Waals surface area (Å²) in [7, 11) is -3.34. The highest BCUT2D eigenvalue weighted by Crippen LogP contribution is 2.28. The van der Waals surface area contributed by atoms with Crippen LogP contribution in [-0.4, -0.2) is 36.0 Å². The molecule has 0 aliphatic heterocycles. The van der Waals surface area contributed by atoms with Crippen LogP contribution in [0.15, 0.2) is 17.3 Å². The smallest absolute Gasteiger partial charge is 0.246 e. The molecular formula is C10H17N3O2S. The lowest BCUT2D eigenvalue weighted by Crippen LogP contribution is -2.37. The van der Waals surface area contributed by atoms with Crippen LogP contribution in [0.5, 0.6) is 0 Å². The Morgan fingerprint density at radius 1 is 1.56 bits per heavy atom. The molecule has 0 atom stereocenters. The first-order chi connectivity index (χ1) is 7.64. The molecule has 0 amide bonds. The summed E-state index contributed by atoms with van der Waals surface area (Å²) >= 11 is 0. The summed E-state index contributed by atoms with van der Waals surface area (Å²) < 4.78 is 25.9. The SMILES string of the molecule is CCN(CC1CCC1)S(=O)(=O)c1cn[nH]c1. The first-order valence-corrected chi connectivity index (χ1v) is 7.07. The average Bonchev–Trinajstić information content (AvgIpc) is 2.68. The van der Waals surface area contributed by atoms with Crippen LogP contribution in [0.25, 0.3) is 0 Å². The number of nitrogens with zero attached hydrogens (tertiary/aromatic N) is 2. The number of hydrogen-bond acceptors (Lipinski definition) is 3. The van der Waals surface area contributed by atoms with Gasteiger partial charge in [-0.2, -0.15) is 9.40 Å². The molecule has 0 bridgehead atoms. The number of aromatic nitrogens is 2. The Bertz CT molecular complexity index is 423. The van der Waals surface area contributed by atoms with E-state index >= 15 is 0 Å². The largest absolute Gasteiger partial charge is 0.284 e. The van der Waals surface area contributed by atoms with Crippen molar-refractivity contribution in [2.45, 2.75) is 31.1 Å². The summed E-state index contributed by atoms with van der Waals surface area (Å²) in [6, 6.07) is 0. The van der Waals surface area contributed by atoms with Gasteiger partial charge in [-0.05, 0) is 18.8 Å². The van der Waals surface area contributed by atoms with Crippen molar-refractivity contribution in [2.75, 3.05) is 13.1 Å². The highest BCUT2D eigenvalue weighted by molar-refractivity contribution is 7.89. The summed E-state index contributed by atoms with van der Waals surface area (Å²) in [5.74, 6) is 0.543. The van der Waals surface area contributed by atoms with Crippen LogP contribution in [0, 0.1) is 5.92 Å². The predicted molar refractivity (Wildman–Crippen MR) is 60.4 cm³/mol. The molecule has 1 aliphatic carbocycles. The maximum Gasteiger partial charge on any atom is 0.246 e. The zero-order valence-corrected chi connectivity index (χ0v) is 10.2. The molecule has 1 aliphatic rings. The van der Waals surface area contributed by atoms with Crippen molar-refractivity contribution in [3.63, 3.8) is 0 Å². The van der Waals surface area contributed by atoms with Crippen LogP contribution in [0.4, 0.5) is 0 Å². The normalized spacial score (nSPS) is 17.6. The minimum Gasteiger partial charge on any atom is -0.284 e. The first kappa shape index (κ1) is 11.6. The van der Waals surface area contributed by atoms with Gasteiger partial charge in [-0.25, -0.2) is 8.42 Å². The van der Waals surface area contributed by atoms with Gasteiger partial charge in [0.05, 0.1) is 6.20 Å². The van der Waals surface area contributed by atoms with Gasteiger partial charge in [-0.3, -0.25) is 5.10 Å². The minimum absolute atomic E-state index is 0.258. The van der Waals surface area contributed by atoms with Crippen LogP contribution in [-0.2, 0) is 10.0 Å². The summed E-state index contributed by atoms with van der Waals surface area (Å²) in [6.45, 7) is 3.03. The lowest BCUT2D eigenvalue weighted by atomic mass is 9.85. The third-order valence-corrected chi connectivity index (χ3v) is 5.06. The van der Waals surface area contributed by atoms with Gasteiger partial charge in [0.1, 0.15) is 4.90 Å². The van der Waals surface area contributed by atoms with Crippen molar-refractivity contribution in [3.8, 4) is 0 Å². The minimum atomic E-state index is -3.34. The van der Waals surface area contributed by atoms with Crippen LogP contribution in [0.2, 0.25) is 0 Å². The van der Waals surface area contributed by atoms with E-state index in [9.17, 15) is 8.42 Å². The molecule has 0 unspecified atom stereocenters. The average molecular weight is 243 g/mol. The van der Waals surface area contributed by atoms with Crippen LogP contribution < -0.4 is 0 Å². The quantitative estimate of drug-likeness (QED) is 0.845. The van der Waals surface area contributed by atoms with E-state index in [-0.39, 0.29) is 4.90 Å². The zero-order chi connectivity index (χ0) is 11.6. The second-order valence-corrected chi connectivity index (χ2v) is 6.12. The topological polar surface area (TPSA) is 66.1 Å². The van der Waals surface area contributed by atoms with E-state index in [1.54, 1.807) is 4.31 Å². The summed E-state index contributed by atoms with van der Waals surface area (Å²) in [6.07, 6.45) is 6.32. The highest BCUT2D eigenvalue weighted by Gasteiger charge is 2.28. The van der Waals surface area contributed by atoms with Gasteiger partial charge in [0.25, 0.3) is 0 Å². The van der Waals surface area contributed by atoms with Gasteiger partial charge in [0.15, 0.2) is 0 Å². The highest BCUT2D eigenvalue weighted by atomic mass is 32.2. The van der Waals surface area contributed by atoms with Crippen molar-refractivity contribution in [3.05, 3.63) is 12.4 Å². The van der Waals surface area contributed by atoms with Gasteiger partial charge >= 0.3 is 0 Å². The standard InChI is InChI=1S/C10H17N3O2S/c1-2-13(8-9-4-3-5-9)16(14,15)10-6-11-12-7-10/h6-7,9H,2-5,8H2,1H3,(H,11,12). The molecule has 1 fully saturated rings. The van der Waals surface area contributed by atoms with Gasteiger partial charge in [-0.1, -0.05) is 13.3 Å². The Morgan fingerprint density at radius 3 is 2.75 bits per heavy atom.